The number of carbonyl (C=O) groups is 3. The van der Waals surface area contributed by atoms with Crippen molar-refractivity contribution in [2.75, 3.05) is 24.5 Å². The molecule has 1 aliphatic rings. The number of H-pyrrole nitrogens is 1. The van der Waals surface area contributed by atoms with E-state index < -0.39 is 5.92 Å². The molecule has 0 unspecified atom stereocenters. The van der Waals surface area contributed by atoms with Crippen LogP contribution in [0.5, 0.6) is 0 Å². The smallest absolute Gasteiger partial charge is 0.252 e. The molecule has 8 heteroatoms. The van der Waals surface area contributed by atoms with Gasteiger partial charge in [-0.15, -0.1) is 0 Å². The third-order valence-electron chi connectivity index (χ3n) is 5.18. The van der Waals surface area contributed by atoms with E-state index in [0.29, 0.717) is 30.2 Å². The molecule has 0 saturated carbocycles. The third kappa shape index (κ3) is 4.16. The molecular weight excluding hydrogens is 404 g/mol. The zero-order chi connectivity index (χ0) is 21.1. The second-order valence-electron chi connectivity index (χ2n) is 7.17. The summed E-state index contributed by atoms with van der Waals surface area (Å²) in [7, 11) is 0. The zero-order valence-electron chi connectivity index (χ0n) is 16.2. The quantitative estimate of drug-likeness (QED) is 0.531. The number of amides is 3. The van der Waals surface area contributed by atoms with Crippen LogP contribution in [0.25, 0.3) is 10.9 Å². The third-order valence-corrected chi connectivity index (χ3v) is 5.44. The van der Waals surface area contributed by atoms with Gasteiger partial charge in [0.05, 0.1) is 5.92 Å². The summed E-state index contributed by atoms with van der Waals surface area (Å²) >= 11 is 5.89. The van der Waals surface area contributed by atoms with E-state index in [1.807, 2.05) is 18.2 Å². The molecule has 1 fully saturated rings. The van der Waals surface area contributed by atoms with E-state index in [4.69, 9.17) is 11.6 Å². The Morgan fingerprint density at radius 1 is 1.07 bits per heavy atom. The molecule has 0 radical (unpaired) electrons. The van der Waals surface area contributed by atoms with Gasteiger partial charge in [-0.1, -0.05) is 17.7 Å². The fraction of sp³-hybridized carbons (Fsp3) is 0.227. The molecule has 0 spiro atoms. The van der Waals surface area contributed by atoms with Gasteiger partial charge in [-0.2, -0.15) is 0 Å². The number of carbonyl (C=O) groups excluding carboxylic acids is 3. The van der Waals surface area contributed by atoms with E-state index in [2.05, 4.69) is 15.6 Å². The highest BCUT2D eigenvalue weighted by Gasteiger charge is 2.34. The highest BCUT2D eigenvalue weighted by atomic mass is 35.5. The highest BCUT2D eigenvalue weighted by molar-refractivity contribution is 6.30. The minimum absolute atomic E-state index is 0.0922. The maximum Gasteiger partial charge on any atom is 0.252 e. The molecule has 4 rings (SSSR count). The summed E-state index contributed by atoms with van der Waals surface area (Å²) in [5, 5.41) is 7.07. The largest absolute Gasteiger partial charge is 0.361 e. The number of anilines is 1. The van der Waals surface area contributed by atoms with Crippen LogP contribution >= 0.6 is 11.6 Å². The van der Waals surface area contributed by atoms with Crippen LogP contribution in [0.4, 0.5) is 5.69 Å². The lowest BCUT2D eigenvalue weighted by molar-refractivity contribution is -0.126. The number of fused-ring (bicyclic) bond motifs is 1. The van der Waals surface area contributed by atoms with Crippen molar-refractivity contribution in [3.63, 3.8) is 0 Å². The standard InChI is InChI=1S/C22H21ClN4O3/c23-15-4-6-16(7-5-15)27-13-14(12-20(27)28)21(29)25-10-11-26-22(30)18-2-1-3-19-17(18)8-9-24-19/h1-9,14,24H,10-13H2,(H,25,29)(H,26,30)/t14-/m0/s1. The van der Waals surface area contributed by atoms with Crippen LogP contribution in [0.3, 0.4) is 0 Å². The molecule has 2 heterocycles. The predicted molar refractivity (Wildman–Crippen MR) is 116 cm³/mol. The summed E-state index contributed by atoms with van der Waals surface area (Å²) in [4.78, 5) is 41.8. The Hall–Kier alpha value is -3.32. The molecule has 1 saturated heterocycles. The van der Waals surface area contributed by atoms with Crippen molar-refractivity contribution < 1.29 is 14.4 Å². The van der Waals surface area contributed by atoms with Crippen molar-refractivity contribution in [3.05, 3.63) is 65.3 Å². The molecule has 3 amide bonds. The molecule has 1 aromatic heterocycles. The molecule has 7 nitrogen and oxygen atoms in total. The minimum atomic E-state index is -0.419. The number of aromatic amines is 1. The van der Waals surface area contributed by atoms with Crippen LogP contribution in [-0.2, 0) is 9.59 Å². The van der Waals surface area contributed by atoms with E-state index in [0.717, 1.165) is 16.6 Å². The summed E-state index contributed by atoms with van der Waals surface area (Å²) in [5.41, 5.74) is 2.21. The first-order valence-corrected chi connectivity index (χ1v) is 10.1. The van der Waals surface area contributed by atoms with Gasteiger partial charge in [0.25, 0.3) is 5.91 Å². The van der Waals surface area contributed by atoms with E-state index in [1.165, 1.54) is 0 Å². The van der Waals surface area contributed by atoms with Crippen LogP contribution < -0.4 is 15.5 Å². The van der Waals surface area contributed by atoms with Gasteiger partial charge in [0.2, 0.25) is 11.8 Å². The lowest BCUT2D eigenvalue weighted by Crippen LogP contribution is -2.38. The zero-order valence-corrected chi connectivity index (χ0v) is 16.9. The lowest BCUT2D eigenvalue weighted by Gasteiger charge is -2.16. The van der Waals surface area contributed by atoms with Crippen LogP contribution in [0.2, 0.25) is 5.02 Å². The van der Waals surface area contributed by atoms with E-state index in [9.17, 15) is 14.4 Å². The molecule has 2 aromatic carbocycles. The molecule has 1 atom stereocenters. The normalized spacial score (nSPS) is 16.1. The summed E-state index contributed by atoms with van der Waals surface area (Å²) < 4.78 is 0. The highest BCUT2D eigenvalue weighted by Crippen LogP contribution is 2.26. The second kappa shape index (κ2) is 8.59. The summed E-state index contributed by atoms with van der Waals surface area (Å²) in [5.74, 6) is -0.899. The number of rotatable bonds is 6. The number of nitrogens with one attached hydrogen (secondary N) is 3. The fourth-order valence-corrected chi connectivity index (χ4v) is 3.76. The molecular formula is C22H21ClN4O3. The maximum atomic E-state index is 12.4. The van der Waals surface area contributed by atoms with Gasteiger partial charge in [-0.05, 0) is 42.5 Å². The van der Waals surface area contributed by atoms with Crippen molar-refractivity contribution in [3.8, 4) is 0 Å². The van der Waals surface area contributed by atoms with Gasteiger partial charge in [-0.25, -0.2) is 0 Å². The summed E-state index contributed by atoms with van der Waals surface area (Å²) in [6.07, 6.45) is 1.95. The van der Waals surface area contributed by atoms with Gasteiger partial charge >= 0.3 is 0 Å². The van der Waals surface area contributed by atoms with E-state index in [-0.39, 0.29) is 24.1 Å². The van der Waals surface area contributed by atoms with Crippen molar-refractivity contribution >= 4 is 45.9 Å². The van der Waals surface area contributed by atoms with E-state index in [1.54, 1.807) is 41.4 Å². The van der Waals surface area contributed by atoms with Crippen molar-refractivity contribution in [2.24, 2.45) is 5.92 Å². The van der Waals surface area contributed by atoms with Gasteiger partial charge in [-0.3, -0.25) is 14.4 Å². The van der Waals surface area contributed by atoms with Crippen LogP contribution in [-0.4, -0.2) is 42.3 Å². The van der Waals surface area contributed by atoms with Crippen LogP contribution in [0.15, 0.2) is 54.7 Å². The first kappa shape index (κ1) is 20.0. The average molecular weight is 425 g/mol. The molecule has 0 bridgehead atoms. The second-order valence-corrected chi connectivity index (χ2v) is 7.61. The fourth-order valence-electron chi connectivity index (χ4n) is 3.64. The number of benzene rings is 2. The van der Waals surface area contributed by atoms with Crippen LogP contribution in [0.1, 0.15) is 16.8 Å². The SMILES string of the molecule is O=C(NCCNC(=O)[C@H]1CC(=O)N(c2ccc(Cl)cc2)C1)c1cccc2[nH]ccc12. The maximum absolute atomic E-state index is 12.4. The Bertz CT molecular complexity index is 1090. The monoisotopic (exact) mass is 424 g/mol. The topological polar surface area (TPSA) is 94.3 Å². The number of nitrogens with zero attached hydrogens (tertiary/aromatic N) is 1. The Labute approximate surface area is 178 Å². The molecule has 3 N–H and O–H groups in total. The lowest BCUT2D eigenvalue weighted by atomic mass is 10.1. The van der Waals surface area contributed by atoms with Gasteiger partial charge in [0.15, 0.2) is 0 Å². The van der Waals surface area contributed by atoms with Crippen molar-refractivity contribution in [2.45, 2.75) is 6.42 Å². The Morgan fingerprint density at radius 3 is 2.63 bits per heavy atom. The molecule has 154 valence electrons. The predicted octanol–water partition coefficient (Wildman–Crippen LogP) is 2.72. The molecule has 3 aromatic rings. The van der Waals surface area contributed by atoms with E-state index >= 15 is 0 Å². The average Bonchev–Trinajstić information content (AvgIpc) is 3.38. The molecule has 0 aliphatic carbocycles. The molecule has 1 aliphatic heterocycles. The Kier molecular flexibility index (Phi) is 5.72. The summed E-state index contributed by atoms with van der Waals surface area (Å²) in [6.45, 7) is 0.917. The van der Waals surface area contributed by atoms with Gasteiger partial charge in [0.1, 0.15) is 0 Å². The Balaban J connectivity index is 1.26. The van der Waals surface area contributed by atoms with Gasteiger partial charge in [0, 0.05) is 59.4 Å². The number of hydrogen-bond acceptors (Lipinski definition) is 3. The van der Waals surface area contributed by atoms with Crippen LogP contribution in [0, 0.1) is 5.92 Å². The Morgan fingerprint density at radius 2 is 1.83 bits per heavy atom. The molecule has 30 heavy (non-hydrogen) atoms. The summed E-state index contributed by atoms with van der Waals surface area (Å²) in [6, 6.07) is 14.3. The number of aromatic nitrogens is 1. The first-order chi connectivity index (χ1) is 14.5. The number of halogens is 1. The van der Waals surface area contributed by atoms with Gasteiger partial charge < -0.3 is 20.5 Å². The van der Waals surface area contributed by atoms with Crippen molar-refractivity contribution in [1.82, 2.24) is 15.6 Å². The van der Waals surface area contributed by atoms with Crippen molar-refractivity contribution in [1.29, 1.82) is 0 Å². The number of hydrogen-bond donors (Lipinski definition) is 3. The minimum Gasteiger partial charge on any atom is -0.361 e. The first-order valence-electron chi connectivity index (χ1n) is 9.71.